The highest BCUT2D eigenvalue weighted by atomic mass is 16.5. The van der Waals surface area contributed by atoms with Crippen LogP contribution in [-0.4, -0.2) is 43.0 Å². The van der Waals surface area contributed by atoms with Gasteiger partial charge in [-0.15, -0.1) is 0 Å². The van der Waals surface area contributed by atoms with Crippen molar-refractivity contribution in [3.8, 4) is 5.75 Å². The first kappa shape index (κ1) is 22.9. The third-order valence-electron chi connectivity index (χ3n) is 6.20. The normalized spacial score (nSPS) is 15.9. The summed E-state index contributed by atoms with van der Waals surface area (Å²) in [4.78, 5) is 26.9. The highest BCUT2D eigenvalue weighted by Crippen LogP contribution is 2.36. The van der Waals surface area contributed by atoms with Crippen LogP contribution >= 0.6 is 0 Å². The Hall–Kier alpha value is -2.82. The van der Waals surface area contributed by atoms with Crippen molar-refractivity contribution in [3.05, 3.63) is 65.7 Å². The molecule has 0 radical (unpaired) electrons. The second kappa shape index (κ2) is 9.54. The topological polar surface area (TPSA) is 58.6 Å². The molecule has 31 heavy (non-hydrogen) atoms. The van der Waals surface area contributed by atoms with Gasteiger partial charge in [0.1, 0.15) is 12.4 Å². The number of amides is 2. The van der Waals surface area contributed by atoms with Crippen molar-refractivity contribution in [2.24, 2.45) is 0 Å². The summed E-state index contributed by atoms with van der Waals surface area (Å²) in [5, 5.41) is 3.07. The molecule has 5 heteroatoms. The number of nitrogens with one attached hydrogen (secondary N) is 1. The number of rotatable bonds is 6. The van der Waals surface area contributed by atoms with E-state index in [0.717, 1.165) is 11.3 Å². The first-order chi connectivity index (χ1) is 14.7. The van der Waals surface area contributed by atoms with Gasteiger partial charge in [-0.1, -0.05) is 63.2 Å². The Kier molecular flexibility index (Phi) is 7.04. The first-order valence-electron chi connectivity index (χ1n) is 11.0. The summed E-state index contributed by atoms with van der Waals surface area (Å²) < 4.78 is 5.83. The Labute approximate surface area is 185 Å². The van der Waals surface area contributed by atoms with E-state index in [1.807, 2.05) is 47.4 Å². The van der Waals surface area contributed by atoms with Crippen LogP contribution in [0.4, 0.5) is 0 Å². The SMILES string of the molecule is CC(=O)N1CCC(C(=O)NCCOc2ccc(C(C)(C)C)cc2)(c2ccccc2)CC1. The number of likely N-dealkylation sites (tertiary alicyclic amines) is 1. The van der Waals surface area contributed by atoms with Crippen molar-refractivity contribution in [1.29, 1.82) is 0 Å². The van der Waals surface area contributed by atoms with Crippen LogP contribution in [-0.2, 0) is 20.4 Å². The predicted octanol–water partition coefficient (Wildman–Crippen LogP) is 4.06. The lowest BCUT2D eigenvalue weighted by Gasteiger charge is -2.40. The quantitative estimate of drug-likeness (QED) is 0.714. The van der Waals surface area contributed by atoms with Gasteiger partial charge < -0.3 is 15.0 Å². The molecule has 2 aromatic carbocycles. The van der Waals surface area contributed by atoms with Crippen LogP contribution in [0.3, 0.4) is 0 Å². The van der Waals surface area contributed by atoms with Crippen molar-refractivity contribution >= 4 is 11.8 Å². The van der Waals surface area contributed by atoms with Gasteiger partial charge >= 0.3 is 0 Å². The average Bonchev–Trinajstić information content (AvgIpc) is 2.77. The molecule has 1 fully saturated rings. The molecule has 0 bridgehead atoms. The molecule has 166 valence electrons. The molecule has 0 atom stereocenters. The molecule has 1 aliphatic rings. The maximum atomic E-state index is 13.3. The number of carbonyl (C=O) groups is 2. The van der Waals surface area contributed by atoms with Crippen LogP contribution in [0, 0.1) is 0 Å². The van der Waals surface area contributed by atoms with E-state index in [9.17, 15) is 9.59 Å². The van der Waals surface area contributed by atoms with Gasteiger partial charge in [0, 0.05) is 20.0 Å². The molecule has 1 N–H and O–H groups in total. The number of hydrogen-bond acceptors (Lipinski definition) is 3. The second-order valence-electron chi connectivity index (χ2n) is 9.33. The fourth-order valence-electron chi connectivity index (χ4n) is 4.16. The van der Waals surface area contributed by atoms with Crippen LogP contribution in [0.25, 0.3) is 0 Å². The van der Waals surface area contributed by atoms with E-state index in [1.54, 1.807) is 6.92 Å². The predicted molar refractivity (Wildman–Crippen MR) is 123 cm³/mol. The molecule has 2 amide bonds. The summed E-state index contributed by atoms with van der Waals surface area (Å²) in [5.74, 6) is 0.872. The molecular formula is C26H34N2O3. The maximum Gasteiger partial charge on any atom is 0.230 e. The number of piperidine rings is 1. The molecule has 1 heterocycles. The minimum Gasteiger partial charge on any atom is -0.492 e. The smallest absolute Gasteiger partial charge is 0.230 e. The maximum absolute atomic E-state index is 13.3. The van der Waals surface area contributed by atoms with Gasteiger partial charge in [0.15, 0.2) is 0 Å². The Morgan fingerprint density at radius 3 is 2.16 bits per heavy atom. The van der Waals surface area contributed by atoms with Crippen LogP contribution in [0.2, 0.25) is 0 Å². The first-order valence-corrected chi connectivity index (χ1v) is 11.0. The minimum absolute atomic E-state index is 0.00795. The molecule has 5 nitrogen and oxygen atoms in total. The van der Waals surface area contributed by atoms with Crippen molar-refractivity contribution < 1.29 is 14.3 Å². The van der Waals surface area contributed by atoms with Gasteiger partial charge in [-0.25, -0.2) is 0 Å². The van der Waals surface area contributed by atoms with E-state index in [-0.39, 0.29) is 17.2 Å². The lowest BCUT2D eigenvalue weighted by Crippen LogP contribution is -2.53. The third kappa shape index (κ3) is 5.46. The molecule has 0 unspecified atom stereocenters. The molecule has 3 rings (SSSR count). The summed E-state index contributed by atoms with van der Waals surface area (Å²) in [7, 11) is 0. The monoisotopic (exact) mass is 422 g/mol. The molecule has 1 aliphatic heterocycles. The zero-order chi connectivity index (χ0) is 22.5. The van der Waals surface area contributed by atoms with Gasteiger partial charge in [-0.2, -0.15) is 0 Å². The molecule has 0 aliphatic carbocycles. The Bertz CT molecular complexity index is 877. The van der Waals surface area contributed by atoms with E-state index in [2.05, 4.69) is 38.2 Å². The van der Waals surface area contributed by atoms with Crippen LogP contribution in [0.15, 0.2) is 54.6 Å². The van der Waals surface area contributed by atoms with Gasteiger partial charge in [0.05, 0.1) is 12.0 Å². The summed E-state index contributed by atoms with van der Waals surface area (Å²) in [6.45, 7) is 10.2. The zero-order valence-corrected chi connectivity index (χ0v) is 19.1. The van der Waals surface area contributed by atoms with Crippen molar-refractivity contribution in [1.82, 2.24) is 10.2 Å². The van der Waals surface area contributed by atoms with Crippen molar-refractivity contribution in [2.75, 3.05) is 26.2 Å². The van der Waals surface area contributed by atoms with E-state index in [4.69, 9.17) is 4.74 Å². The number of hydrogen-bond donors (Lipinski definition) is 1. The average molecular weight is 423 g/mol. The number of benzene rings is 2. The van der Waals surface area contributed by atoms with Crippen LogP contribution in [0.1, 0.15) is 51.7 Å². The van der Waals surface area contributed by atoms with Gasteiger partial charge in [-0.05, 0) is 41.5 Å². The highest BCUT2D eigenvalue weighted by molar-refractivity contribution is 5.88. The summed E-state index contributed by atoms with van der Waals surface area (Å²) in [6, 6.07) is 18.0. The fraction of sp³-hybridized carbons (Fsp3) is 0.462. The highest BCUT2D eigenvalue weighted by Gasteiger charge is 2.43. The van der Waals surface area contributed by atoms with Gasteiger partial charge in [-0.3, -0.25) is 9.59 Å². The lowest BCUT2D eigenvalue weighted by atomic mass is 9.72. The summed E-state index contributed by atoms with van der Waals surface area (Å²) in [6.07, 6.45) is 1.25. The Morgan fingerprint density at radius 1 is 1.00 bits per heavy atom. The Balaban J connectivity index is 1.59. The van der Waals surface area contributed by atoms with Crippen molar-refractivity contribution in [3.63, 3.8) is 0 Å². The molecule has 0 spiro atoms. The Morgan fingerprint density at radius 2 is 1.61 bits per heavy atom. The lowest BCUT2D eigenvalue weighted by molar-refractivity contribution is -0.135. The van der Waals surface area contributed by atoms with Crippen LogP contribution in [0.5, 0.6) is 5.75 Å². The standard InChI is InChI=1S/C26H34N2O3/c1-20(29)28-17-14-26(15-18-28,22-8-6-5-7-9-22)24(30)27-16-19-31-23-12-10-21(11-13-23)25(2,3)4/h5-13H,14-19H2,1-4H3,(H,27,30). The number of carbonyl (C=O) groups excluding carboxylic acids is 2. The molecule has 2 aromatic rings. The van der Waals surface area contributed by atoms with Crippen molar-refractivity contribution in [2.45, 2.75) is 51.4 Å². The van der Waals surface area contributed by atoms with E-state index >= 15 is 0 Å². The molecule has 0 saturated carbocycles. The van der Waals surface area contributed by atoms with Gasteiger partial charge in [0.2, 0.25) is 11.8 Å². The van der Waals surface area contributed by atoms with Crippen LogP contribution < -0.4 is 10.1 Å². The second-order valence-corrected chi connectivity index (χ2v) is 9.33. The minimum atomic E-state index is -0.610. The largest absolute Gasteiger partial charge is 0.492 e. The van der Waals surface area contributed by atoms with E-state index < -0.39 is 5.41 Å². The third-order valence-corrected chi connectivity index (χ3v) is 6.20. The number of ether oxygens (including phenoxy) is 1. The van der Waals surface area contributed by atoms with E-state index in [1.165, 1.54) is 5.56 Å². The summed E-state index contributed by atoms with van der Waals surface area (Å²) >= 11 is 0. The molecular weight excluding hydrogens is 388 g/mol. The fourth-order valence-corrected chi connectivity index (χ4v) is 4.16. The zero-order valence-electron chi connectivity index (χ0n) is 19.1. The molecule has 1 saturated heterocycles. The van der Waals surface area contributed by atoms with E-state index in [0.29, 0.717) is 39.1 Å². The number of nitrogens with zero attached hydrogens (tertiary/aromatic N) is 1. The summed E-state index contributed by atoms with van der Waals surface area (Å²) in [5.41, 5.74) is 1.77. The van der Waals surface area contributed by atoms with Gasteiger partial charge in [0.25, 0.3) is 0 Å². The molecule has 0 aromatic heterocycles.